The highest BCUT2D eigenvalue weighted by Gasteiger charge is 2.33. The molecule has 5 rings (SSSR count). The number of carbonyl (C=O) groups is 1. The van der Waals surface area contributed by atoms with Crippen molar-refractivity contribution in [1.82, 2.24) is 14.9 Å². The smallest absolute Gasteiger partial charge is 0.278 e. The van der Waals surface area contributed by atoms with Crippen molar-refractivity contribution in [3.8, 4) is 5.75 Å². The predicted molar refractivity (Wildman–Crippen MR) is 155 cm³/mol. The molecule has 39 heavy (non-hydrogen) atoms. The summed E-state index contributed by atoms with van der Waals surface area (Å²) in [7, 11) is 1.62. The number of fused-ring (bicyclic) bond motifs is 1. The van der Waals surface area contributed by atoms with Crippen LogP contribution in [0, 0.1) is 0 Å². The number of amides is 1. The van der Waals surface area contributed by atoms with Crippen molar-refractivity contribution in [2.24, 2.45) is 0 Å². The van der Waals surface area contributed by atoms with Crippen LogP contribution in [0.1, 0.15) is 36.6 Å². The lowest BCUT2D eigenvalue weighted by Crippen LogP contribution is -2.43. The molecule has 0 unspecified atom stereocenters. The average Bonchev–Trinajstić information content (AvgIpc) is 3.62. The topological polar surface area (TPSA) is 85.7 Å². The number of pyridine rings is 1. The lowest BCUT2D eigenvalue weighted by atomic mass is 10.2. The number of methoxy groups -OCH3 is 1. The number of carbonyl (C=O) groups excluding carboxylic acids is 1. The van der Waals surface area contributed by atoms with E-state index in [0.717, 1.165) is 34.4 Å². The average molecular weight is 545 g/mol. The molecule has 0 radical (unpaired) electrons. The molecule has 0 bridgehead atoms. The van der Waals surface area contributed by atoms with Crippen LogP contribution in [-0.2, 0) is 22.6 Å². The van der Waals surface area contributed by atoms with Gasteiger partial charge < -0.3 is 19.7 Å². The molecule has 2 aromatic carbocycles. The first-order valence-electron chi connectivity index (χ1n) is 13.1. The standard InChI is InChI=1S/C30H32N4O4S/c1-4-38-20(2)25-17-26-27(29(36)34(25)19-22-12-14-23(37-3)15-13-22)32-30(39-26)33-16-8-11-24(33)28(35)31-18-21-9-6-5-7-10-21/h5-7,9-10,12-15,17,24H,2,4,8,11,16,18-19H2,1,3H3,(H,31,35)/t24-/m1/s1. The van der Waals surface area contributed by atoms with Gasteiger partial charge in [0, 0.05) is 13.1 Å². The number of benzene rings is 2. The molecule has 8 nitrogen and oxygen atoms in total. The summed E-state index contributed by atoms with van der Waals surface area (Å²) in [6, 6.07) is 19.0. The minimum Gasteiger partial charge on any atom is -0.497 e. The predicted octanol–water partition coefficient (Wildman–Crippen LogP) is 4.81. The quantitative estimate of drug-likeness (QED) is 0.289. The normalized spacial score (nSPS) is 14.9. The maximum absolute atomic E-state index is 13.8. The molecular formula is C30H32N4O4S. The SMILES string of the molecule is C=C(OCC)c1cc2sc(N3CCC[C@@H]3C(=O)NCc3ccccc3)nc2c(=O)n1Cc1ccc(OC)cc1. The molecule has 1 amide bonds. The number of nitrogens with one attached hydrogen (secondary N) is 1. The molecule has 0 aliphatic carbocycles. The minimum absolute atomic E-state index is 0.0297. The Hall–Kier alpha value is -4.11. The molecule has 0 spiro atoms. The molecule has 1 atom stereocenters. The van der Waals surface area contributed by atoms with Crippen LogP contribution in [0.2, 0.25) is 0 Å². The van der Waals surface area contributed by atoms with E-state index in [1.807, 2.05) is 72.5 Å². The third-order valence-electron chi connectivity index (χ3n) is 6.86. The van der Waals surface area contributed by atoms with E-state index in [4.69, 9.17) is 14.5 Å². The Morgan fingerprint density at radius 1 is 1.15 bits per heavy atom. The summed E-state index contributed by atoms with van der Waals surface area (Å²) in [5.74, 6) is 1.15. The Labute approximate surface area is 231 Å². The van der Waals surface area contributed by atoms with Gasteiger partial charge in [0.15, 0.2) is 5.13 Å². The molecule has 1 N–H and O–H groups in total. The van der Waals surface area contributed by atoms with Crippen molar-refractivity contribution in [3.05, 3.63) is 94.4 Å². The van der Waals surface area contributed by atoms with Crippen LogP contribution in [0.15, 0.2) is 72.0 Å². The lowest BCUT2D eigenvalue weighted by Gasteiger charge is -2.23. The first kappa shape index (κ1) is 26.5. The molecule has 2 aromatic heterocycles. The third kappa shape index (κ3) is 5.68. The van der Waals surface area contributed by atoms with Crippen LogP contribution < -0.4 is 20.5 Å². The highest BCUT2D eigenvalue weighted by Crippen LogP contribution is 2.34. The highest BCUT2D eigenvalue weighted by atomic mass is 32.1. The van der Waals surface area contributed by atoms with E-state index in [2.05, 4.69) is 11.9 Å². The molecule has 0 saturated carbocycles. The van der Waals surface area contributed by atoms with Gasteiger partial charge in [0.05, 0.1) is 30.7 Å². The first-order valence-corrected chi connectivity index (χ1v) is 13.9. The lowest BCUT2D eigenvalue weighted by molar-refractivity contribution is -0.122. The largest absolute Gasteiger partial charge is 0.497 e. The van der Waals surface area contributed by atoms with E-state index in [1.54, 1.807) is 11.7 Å². The van der Waals surface area contributed by atoms with Gasteiger partial charge in [-0.3, -0.25) is 14.2 Å². The zero-order chi connectivity index (χ0) is 27.4. The van der Waals surface area contributed by atoms with E-state index in [9.17, 15) is 9.59 Å². The zero-order valence-corrected chi connectivity index (χ0v) is 23.0. The van der Waals surface area contributed by atoms with Gasteiger partial charge in [-0.25, -0.2) is 4.98 Å². The Morgan fingerprint density at radius 3 is 2.64 bits per heavy atom. The molecule has 9 heteroatoms. The van der Waals surface area contributed by atoms with Crippen molar-refractivity contribution in [1.29, 1.82) is 0 Å². The molecule has 1 aliphatic rings. The minimum atomic E-state index is -0.325. The second kappa shape index (κ2) is 11.7. The first-order chi connectivity index (χ1) is 19.0. The zero-order valence-electron chi connectivity index (χ0n) is 22.2. The number of aromatic nitrogens is 2. The summed E-state index contributed by atoms with van der Waals surface area (Å²) in [5, 5.41) is 3.74. The Kier molecular flexibility index (Phi) is 7.97. The van der Waals surface area contributed by atoms with Gasteiger partial charge in [-0.1, -0.05) is 60.4 Å². The molecule has 202 valence electrons. The second-order valence-corrected chi connectivity index (χ2v) is 10.4. The van der Waals surface area contributed by atoms with Crippen molar-refractivity contribution in [2.45, 2.75) is 38.9 Å². The van der Waals surface area contributed by atoms with Gasteiger partial charge in [-0.05, 0) is 49.1 Å². The Bertz CT molecular complexity index is 1530. The van der Waals surface area contributed by atoms with Gasteiger partial charge >= 0.3 is 0 Å². The number of anilines is 1. The maximum atomic E-state index is 13.8. The molecular weight excluding hydrogens is 512 g/mol. The van der Waals surface area contributed by atoms with E-state index < -0.39 is 0 Å². The number of thiazole rings is 1. The second-order valence-electron chi connectivity index (χ2n) is 9.39. The van der Waals surface area contributed by atoms with Crippen molar-refractivity contribution in [2.75, 3.05) is 25.2 Å². The Morgan fingerprint density at radius 2 is 1.92 bits per heavy atom. The summed E-state index contributed by atoms with van der Waals surface area (Å²) in [5.41, 5.74) is 2.76. The van der Waals surface area contributed by atoms with Gasteiger partial charge in [0.2, 0.25) is 5.91 Å². The molecule has 3 heterocycles. The maximum Gasteiger partial charge on any atom is 0.278 e. The fourth-order valence-corrected chi connectivity index (χ4v) is 5.92. The van der Waals surface area contributed by atoms with E-state index in [1.165, 1.54) is 11.3 Å². The summed E-state index contributed by atoms with van der Waals surface area (Å²) in [6.07, 6.45) is 1.62. The van der Waals surface area contributed by atoms with Gasteiger partial charge in [0.1, 0.15) is 23.1 Å². The van der Waals surface area contributed by atoms with Gasteiger partial charge in [0.25, 0.3) is 5.56 Å². The van der Waals surface area contributed by atoms with Crippen LogP contribution in [-0.4, -0.2) is 41.8 Å². The third-order valence-corrected chi connectivity index (χ3v) is 7.90. The summed E-state index contributed by atoms with van der Waals surface area (Å²) in [6.45, 7) is 7.92. The van der Waals surface area contributed by atoms with Gasteiger partial charge in [-0.15, -0.1) is 0 Å². The van der Waals surface area contributed by atoms with Crippen LogP contribution in [0.25, 0.3) is 16.0 Å². The summed E-state index contributed by atoms with van der Waals surface area (Å²) in [4.78, 5) is 33.7. The van der Waals surface area contributed by atoms with Crippen LogP contribution in [0.3, 0.4) is 0 Å². The van der Waals surface area contributed by atoms with E-state index in [0.29, 0.717) is 48.3 Å². The number of rotatable bonds is 10. The summed E-state index contributed by atoms with van der Waals surface area (Å²) < 4.78 is 13.4. The van der Waals surface area contributed by atoms with E-state index >= 15 is 0 Å². The van der Waals surface area contributed by atoms with Crippen molar-refractivity contribution in [3.63, 3.8) is 0 Å². The molecule has 1 fully saturated rings. The monoisotopic (exact) mass is 544 g/mol. The fraction of sp³-hybridized carbons (Fsp3) is 0.300. The van der Waals surface area contributed by atoms with Gasteiger partial charge in [-0.2, -0.15) is 0 Å². The van der Waals surface area contributed by atoms with E-state index in [-0.39, 0.29) is 17.5 Å². The highest BCUT2D eigenvalue weighted by molar-refractivity contribution is 7.22. The molecule has 4 aromatic rings. The number of ether oxygens (including phenoxy) is 2. The Balaban J connectivity index is 1.45. The van der Waals surface area contributed by atoms with Crippen LogP contribution in [0.4, 0.5) is 5.13 Å². The fourth-order valence-electron chi connectivity index (χ4n) is 4.85. The summed E-state index contributed by atoms with van der Waals surface area (Å²) >= 11 is 1.42. The van der Waals surface area contributed by atoms with Crippen LogP contribution in [0.5, 0.6) is 5.75 Å². The van der Waals surface area contributed by atoms with Crippen molar-refractivity contribution >= 4 is 38.4 Å². The molecule has 1 saturated heterocycles. The van der Waals surface area contributed by atoms with Crippen LogP contribution >= 0.6 is 11.3 Å². The number of nitrogens with zero attached hydrogens (tertiary/aromatic N) is 3. The molecule has 1 aliphatic heterocycles. The number of hydrogen-bond donors (Lipinski definition) is 1. The van der Waals surface area contributed by atoms with Crippen molar-refractivity contribution < 1.29 is 14.3 Å². The number of hydrogen-bond acceptors (Lipinski definition) is 7.